The largest absolute Gasteiger partial charge is 0.497 e. The maximum absolute atomic E-state index is 5.96. The van der Waals surface area contributed by atoms with Crippen LogP contribution in [0.4, 0.5) is 0 Å². The number of methoxy groups -OCH3 is 1. The first-order valence-corrected chi connectivity index (χ1v) is 6.51. The Morgan fingerprint density at radius 2 is 2.00 bits per heavy atom. The summed E-state index contributed by atoms with van der Waals surface area (Å²) in [6.07, 6.45) is 1.83. The van der Waals surface area contributed by atoms with Crippen molar-refractivity contribution in [1.29, 1.82) is 0 Å². The van der Waals surface area contributed by atoms with Crippen molar-refractivity contribution < 1.29 is 9.47 Å². The number of ether oxygens (including phenoxy) is 2. The zero-order valence-electron chi connectivity index (χ0n) is 11.8. The van der Waals surface area contributed by atoms with Crippen LogP contribution < -0.4 is 9.47 Å². The van der Waals surface area contributed by atoms with E-state index in [4.69, 9.17) is 9.47 Å². The molecule has 0 aliphatic rings. The van der Waals surface area contributed by atoms with Crippen molar-refractivity contribution in [2.75, 3.05) is 13.7 Å². The first-order valence-electron chi connectivity index (χ1n) is 6.51. The molecule has 2 nitrogen and oxygen atoms in total. The van der Waals surface area contributed by atoms with E-state index >= 15 is 0 Å². The molecule has 0 bridgehead atoms. The summed E-state index contributed by atoms with van der Waals surface area (Å²) >= 11 is 0. The van der Waals surface area contributed by atoms with E-state index in [-0.39, 0.29) is 0 Å². The highest BCUT2D eigenvalue weighted by Gasteiger charge is 2.09. The molecule has 0 aliphatic heterocycles. The fraction of sp³-hybridized carbons (Fsp3) is 0.294. The molecular weight excluding hydrogens is 236 g/mol. The maximum Gasteiger partial charge on any atom is 0.134 e. The summed E-state index contributed by atoms with van der Waals surface area (Å²) in [5.41, 5.74) is 1.03. The SMILES string of the molecule is C=Cc1ccc2cc(OC)ccc2c1OCC(C)C. The van der Waals surface area contributed by atoms with Gasteiger partial charge in [-0.1, -0.05) is 38.6 Å². The Hall–Kier alpha value is -1.96. The van der Waals surface area contributed by atoms with Crippen molar-refractivity contribution in [3.63, 3.8) is 0 Å². The third kappa shape index (κ3) is 2.90. The van der Waals surface area contributed by atoms with Crippen molar-refractivity contribution >= 4 is 16.8 Å². The van der Waals surface area contributed by atoms with Crippen LogP contribution in [0.2, 0.25) is 0 Å². The number of rotatable bonds is 5. The molecule has 0 atom stereocenters. The lowest BCUT2D eigenvalue weighted by Crippen LogP contribution is -2.05. The predicted octanol–water partition coefficient (Wildman–Crippen LogP) is 4.53. The summed E-state index contributed by atoms with van der Waals surface area (Å²) in [6.45, 7) is 8.84. The maximum atomic E-state index is 5.96. The summed E-state index contributed by atoms with van der Waals surface area (Å²) in [5.74, 6) is 2.25. The summed E-state index contributed by atoms with van der Waals surface area (Å²) in [6, 6.07) is 10.1. The van der Waals surface area contributed by atoms with Crippen LogP contribution in [0.5, 0.6) is 11.5 Å². The Morgan fingerprint density at radius 1 is 1.21 bits per heavy atom. The molecule has 100 valence electrons. The second kappa shape index (κ2) is 5.79. The van der Waals surface area contributed by atoms with Crippen LogP contribution in [0, 0.1) is 5.92 Å². The Bertz CT molecular complexity index is 585. The molecule has 0 heterocycles. The highest BCUT2D eigenvalue weighted by Crippen LogP contribution is 2.33. The van der Waals surface area contributed by atoms with Crippen LogP contribution in [0.15, 0.2) is 36.9 Å². The summed E-state index contributed by atoms with van der Waals surface area (Å²) in [4.78, 5) is 0. The molecule has 0 saturated heterocycles. The molecule has 0 unspecified atom stereocenters. The molecule has 0 fully saturated rings. The molecule has 0 spiro atoms. The number of benzene rings is 2. The number of hydrogen-bond donors (Lipinski definition) is 0. The van der Waals surface area contributed by atoms with Gasteiger partial charge in [-0.25, -0.2) is 0 Å². The van der Waals surface area contributed by atoms with Crippen molar-refractivity contribution in [3.8, 4) is 11.5 Å². The van der Waals surface area contributed by atoms with Crippen LogP contribution in [0.25, 0.3) is 16.8 Å². The van der Waals surface area contributed by atoms with Gasteiger partial charge in [-0.15, -0.1) is 0 Å². The average Bonchev–Trinajstić information content (AvgIpc) is 2.43. The number of hydrogen-bond acceptors (Lipinski definition) is 2. The minimum Gasteiger partial charge on any atom is -0.497 e. The third-order valence-corrected chi connectivity index (χ3v) is 2.99. The van der Waals surface area contributed by atoms with Crippen molar-refractivity contribution in [3.05, 3.63) is 42.5 Å². The zero-order chi connectivity index (χ0) is 13.8. The van der Waals surface area contributed by atoms with Crippen LogP contribution in [-0.4, -0.2) is 13.7 Å². The smallest absolute Gasteiger partial charge is 0.134 e. The molecule has 19 heavy (non-hydrogen) atoms. The molecular formula is C17H20O2. The molecule has 2 aromatic carbocycles. The molecule has 0 aromatic heterocycles. The quantitative estimate of drug-likeness (QED) is 0.782. The second-order valence-corrected chi connectivity index (χ2v) is 4.98. The molecule has 0 radical (unpaired) electrons. The van der Waals surface area contributed by atoms with E-state index in [0.717, 1.165) is 27.8 Å². The van der Waals surface area contributed by atoms with E-state index in [1.54, 1.807) is 7.11 Å². The lowest BCUT2D eigenvalue weighted by Gasteiger charge is -2.14. The first kappa shape index (κ1) is 13.5. The Morgan fingerprint density at radius 3 is 2.63 bits per heavy atom. The average molecular weight is 256 g/mol. The fourth-order valence-corrected chi connectivity index (χ4v) is 2.00. The predicted molar refractivity (Wildman–Crippen MR) is 80.9 cm³/mol. The van der Waals surface area contributed by atoms with Gasteiger partial charge in [0.1, 0.15) is 11.5 Å². The normalized spacial score (nSPS) is 10.7. The summed E-state index contributed by atoms with van der Waals surface area (Å²) in [7, 11) is 1.68. The van der Waals surface area contributed by atoms with E-state index in [2.05, 4.69) is 26.5 Å². The lowest BCUT2D eigenvalue weighted by atomic mass is 10.0. The van der Waals surface area contributed by atoms with Crippen molar-refractivity contribution in [2.45, 2.75) is 13.8 Å². The second-order valence-electron chi connectivity index (χ2n) is 4.98. The van der Waals surface area contributed by atoms with Gasteiger partial charge < -0.3 is 9.47 Å². The van der Waals surface area contributed by atoms with E-state index in [9.17, 15) is 0 Å². The fourth-order valence-electron chi connectivity index (χ4n) is 2.00. The highest BCUT2D eigenvalue weighted by molar-refractivity contribution is 5.92. The van der Waals surface area contributed by atoms with Crippen LogP contribution in [0.1, 0.15) is 19.4 Å². The topological polar surface area (TPSA) is 18.5 Å². The summed E-state index contributed by atoms with van der Waals surface area (Å²) < 4.78 is 11.2. The van der Waals surface area contributed by atoms with Crippen LogP contribution in [0.3, 0.4) is 0 Å². The van der Waals surface area contributed by atoms with Gasteiger partial charge in [0.25, 0.3) is 0 Å². The van der Waals surface area contributed by atoms with Gasteiger partial charge in [0.05, 0.1) is 13.7 Å². The van der Waals surface area contributed by atoms with E-state index in [0.29, 0.717) is 12.5 Å². The highest BCUT2D eigenvalue weighted by atomic mass is 16.5. The van der Waals surface area contributed by atoms with Crippen molar-refractivity contribution in [1.82, 2.24) is 0 Å². The van der Waals surface area contributed by atoms with Gasteiger partial charge >= 0.3 is 0 Å². The third-order valence-electron chi connectivity index (χ3n) is 2.99. The van der Waals surface area contributed by atoms with Crippen molar-refractivity contribution in [2.24, 2.45) is 5.92 Å². The van der Waals surface area contributed by atoms with Gasteiger partial charge in [-0.05, 0) is 29.5 Å². The van der Waals surface area contributed by atoms with Gasteiger partial charge in [0, 0.05) is 10.9 Å². The standard InChI is InChI=1S/C17H20O2/c1-5-13-6-7-14-10-15(18-4)8-9-16(14)17(13)19-11-12(2)3/h5-10,12H,1,11H2,2-4H3. The van der Waals surface area contributed by atoms with E-state index < -0.39 is 0 Å². The Kier molecular flexibility index (Phi) is 4.10. The minimum atomic E-state index is 0.492. The minimum absolute atomic E-state index is 0.492. The molecule has 0 aliphatic carbocycles. The monoisotopic (exact) mass is 256 g/mol. The molecule has 0 N–H and O–H groups in total. The number of fused-ring (bicyclic) bond motifs is 1. The molecule has 0 amide bonds. The van der Waals surface area contributed by atoms with Gasteiger partial charge in [-0.2, -0.15) is 0 Å². The molecule has 2 aromatic rings. The Balaban J connectivity index is 2.52. The van der Waals surface area contributed by atoms with Gasteiger partial charge in [0.15, 0.2) is 0 Å². The van der Waals surface area contributed by atoms with E-state index in [1.165, 1.54) is 0 Å². The van der Waals surface area contributed by atoms with Crippen LogP contribution in [-0.2, 0) is 0 Å². The molecule has 0 saturated carbocycles. The summed E-state index contributed by atoms with van der Waals surface area (Å²) in [5, 5.41) is 2.21. The molecule has 2 rings (SSSR count). The van der Waals surface area contributed by atoms with Gasteiger partial charge in [-0.3, -0.25) is 0 Å². The first-order chi connectivity index (χ1) is 9.15. The van der Waals surface area contributed by atoms with Crippen LogP contribution >= 0.6 is 0 Å². The Labute approximate surface area is 114 Å². The lowest BCUT2D eigenvalue weighted by molar-refractivity contribution is 0.273. The zero-order valence-corrected chi connectivity index (χ0v) is 11.8. The molecule has 2 heteroatoms. The van der Waals surface area contributed by atoms with E-state index in [1.807, 2.05) is 30.3 Å². The van der Waals surface area contributed by atoms with Gasteiger partial charge in [0.2, 0.25) is 0 Å².